The lowest BCUT2D eigenvalue weighted by molar-refractivity contribution is 0.231. The number of carbonyl (C=O) groups excluding carboxylic acids is 1. The zero-order valence-corrected chi connectivity index (χ0v) is 16.2. The van der Waals surface area contributed by atoms with Gasteiger partial charge in [0, 0.05) is 36.6 Å². The third-order valence-electron chi connectivity index (χ3n) is 4.61. The number of benzene rings is 1. The van der Waals surface area contributed by atoms with Gasteiger partial charge in [-0.3, -0.25) is 15.0 Å². The summed E-state index contributed by atoms with van der Waals surface area (Å²) in [6, 6.07) is 10.9. The Kier molecular flexibility index (Phi) is 5.60. The number of amides is 2. The Morgan fingerprint density at radius 3 is 2.97 bits per heavy atom. The van der Waals surface area contributed by atoms with E-state index in [-0.39, 0.29) is 12.1 Å². The van der Waals surface area contributed by atoms with Crippen LogP contribution in [0.25, 0.3) is 0 Å². The van der Waals surface area contributed by atoms with Crippen LogP contribution in [0.5, 0.6) is 11.5 Å². The molecule has 0 aliphatic carbocycles. The van der Waals surface area contributed by atoms with Crippen LogP contribution in [0, 0.1) is 0 Å². The number of carbonyl (C=O) groups is 1. The highest BCUT2D eigenvalue weighted by atomic mass is 16.5. The largest absolute Gasteiger partial charge is 0.494 e. The van der Waals surface area contributed by atoms with Gasteiger partial charge in [0.05, 0.1) is 25.8 Å². The first kappa shape index (κ1) is 18.8. The van der Waals surface area contributed by atoms with Crippen molar-refractivity contribution in [2.24, 2.45) is 0 Å². The van der Waals surface area contributed by atoms with Gasteiger partial charge in [0.1, 0.15) is 11.5 Å². The van der Waals surface area contributed by atoms with Gasteiger partial charge in [-0.1, -0.05) is 0 Å². The molecule has 0 radical (unpaired) electrons. The third-order valence-corrected chi connectivity index (χ3v) is 4.61. The highest BCUT2D eigenvalue weighted by molar-refractivity contribution is 5.88. The van der Waals surface area contributed by atoms with E-state index in [1.165, 1.54) is 0 Å². The van der Waals surface area contributed by atoms with Gasteiger partial charge in [-0.15, -0.1) is 0 Å². The lowest BCUT2D eigenvalue weighted by Crippen LogP contribution is -2.35. The first-order valence-electron chi connectivity index (χ1n) is 9.60. The number of anilines is 1. The fourth-order valence-electron chi connectivity index (χ4n) is 3.28. The zero-order valence-electron chi connectivity index (χ0n) is 16.2. The fraction of sp³-hybridized carbons (Fsp3) is 0.286. The SMILES string of the molecule is CCOc1ccc2c(c1)C(NC(=O)Nc1ccn(Cc3ccncc3)n1)CCO2. The number of hydrogen-bond acceptors (Lipinski definition) is 5. The molecule has 1 unspecified atom stereocenters. The summed E-state index contributed by atoms with van der Waals surface area (Å²) in [6.07, 6.45) is 6.00. The minimum atomic E-state index is -0.307. The van der Waals surface area contributed by atoms with Crippen molar-refractivity contribution in [1.82, 2.24) is 20.1 Å². The quantitative estimate of drug-likeness (QED) is 0.670. The first-order valence-corrected chi connectivity index (χ1v) is 9.60. The molecule has 2 aromatic heterocycles. The van der Waals surface area contributed by atoms with Crippen molar-refractivity contribution in [3.63, 3.8) is 0 Å². The molecular weight excluding hydrogens is 370 g/mol. The van der Waals surface area contributed by atoms with E-state index >= 15 is 0 Å². The number of rotatable bonds is 6. The van der Waals surface area contributed by atoms with Gasteiger partial charge in [0.2, 0.25) is 0 Å². The normalized spacial score (nSPS) is 15.1. The number of ether oxygens (including phenoxy) is 2. The van der Waals surface area contributed by atoms with E-state index in [4.69, 9.17) is 9.47 Å². The van der Waals surface area contributed by atoms with Crippen LogP contribution in [-0.2, 0) is 6.54 Å². The van der Waals surface area contributed by atoms with Crippen LogP contribution in [0.4, 0.5) is 10.6 Å². The van der Waals surface area contributed by atoms with E-state index in [1.54, 1.807) is 23.1 Å². The van der Waals surface area contributed by atoms with Crippen LogP contribution in [0.15, 0.2) is 55.0 Å². The Hall–Kier alpha value is -3.55. The molecule has 2 amide bonds. The summed E-state index contributed by atoms with van der Waals surface area (Å²) < 4.78 is 13.0. The van der Waals surface area contributed by atoms with E-state index < -0.39 is 0 Å². The molecule has 0 saturated carbocycles. The Bertz CT molecular complexity index is 973. The van der Waals surface area contributed by atoms with Crippen LogP contribution < -0.4 is 20.1 Å². The molecule has 4 rings (SSSR count). The Labute approximate surface area is 168 Å². The highest BCUT2D eigenvalue weighted by Crippen LogP contribution is 2.34. The highest BCUT2D eigenvalue weighted by Gasteiger charge is 2.24. The van der Waals surface area contributed by atoms with Crippen LogP contribution in [0.3, 0.4) is 0 Å². The number of hydrogen-bond donors (Lipinski definition) is 2. The summed E-state index contributed by atoms with van der Waals surface area (Å²) >= 11 is 0. The van der Waals surface area contributed by atoms with Gasteiger partial charge in [-0.05, 0) is 42.8 Å². The minimum absolute atomic E-state index is 0.155. The number of urea groups is 1. The molecule has 29 heavy (non-hydrogen) atoms. The second kappa shape index (κ2) is 8.64. The Morgan fingerprint density at radius 1 is 1.28 bits per heavy atom. The van der Waals surface area contributed by atoms with Gasteiger partial charge in [0.15, 0.2) is 5.82 Å². The van der Waals surface area contributed by atoms with E-state index in [1.807, 2.05) is 43.5 Å². The van der Waals surface area contributed by atoms with Crippen LogP contribution in [0.2, 0.25) is 0 Å². The summed E-state index contributed by atoms with van der Waals surface area (Å²) in [5.41, 5.74) is 2.00. The minimum Gasteiger partial charge on any atom is -0.494 e. The maximum absolute atomic E-state index is 12.5. The summed E-state index contributed by atoms with van der Waals surface area (Å²) in [5.74, 6) is 2.03. The standard InChI is InChI=1S/C21H23N5O3/c1-2-28-16-3-4-19-17(13-16)18(8-12-29-19)23-21(27)24-20-7-11-26(25-20)14-15-5-9-22-10-6-15/h3-7,9-11,13,18H,2,8,12,14H2,1H3,(H2,23,24,25,27). The maximum Gasteiger partial charge on any atom is 0.320 e. The van der Waals surface area contributed by atoms with Crippen molar-refractivity contribution in [2.75, 3.05) is 18.5 Å². The van der Waals surface area contributed by atoms with E-state index in [0.717, 1.165) is 22.6 Å². The number of pyridine rings is 1. The molecular formula is C21H23N5O3. The zero-order chi connectivity index (χ0) is 20.1. The molecule has 150 valence electrons. The lowest BCUT2D eigenvalue weighted by Gasteiger charge is -2.27. The summed E-state index contributed by atoms with van der Waals surface area (Å²) in [7, 11) is 0. The molecule has 0 fully saturated rings. The maximum atomic E-state index is 12.5. The van der Waals surface area contributed by atoms with Crippen molar-refractivity contribution in [1.29, 1.82) is 0 Å². The van der Waals surface area contributed by atoms with Crippen LogP contribution >= 0.6 is 0 Å². The second-order valence-corrected chi connectivity index (χ2v) is 6.67. The molecule has 3 aromatic rings. The van der Waals surface area contributed by atoms with Crippen molar-refractivity contribution in [3.05, 3.63) is 66.1 Å². The molecule has 8 heteroatoms. The van der Waals surface area contributed by atoms with Crippen molar-refractivity contribution in [2.45, 2.75) is 25.9 Å². The average molecular weight is 393 g/mol. The van der Waals surface area contributed by atoms with Crippen molar-refractivity contribution >= 4 is 11.8 Å². The fourth-order valence-corrected chi connectivity index (χ4v) is 3.28. The summed E-state index contributed by atoms with van der Waals surface area (Å²) in [4.78, 5) is 16.5. The average Bonchev–Trinajstić information content (AvgIpc) is 3.16. The molecule has 8 nitrogen and oxygen atoms in total. The number of nitrogens with one attached hydrogen (secondary N) is 2. The first-order chi connectivity index (χ1) is 14.2. The van der Waals surface area contributed by atoms with Gasteiger partial charge in [0.25, 0.3) is 0 Å². The lowest BCUT2D eigenvalue weighted by atomic mass is 10.0. The Morgan fingerprint density at radius 2 is 2.14 bits per heavy atom. The molecule has 0 bridgehead atoms. The smallest absolute Gasteiger partial charge is 0.320 e. The topological polar surface area (TPSA) is 90.3 Å². The second-order valence-electron chi connectivity index (χ2n) is 6.67. The van der Waals surface area contributed by atoms with E-state index in [2.05, 4.69) is 20.7 Å². The molecule has 0 spiro atoms. The summed E-state index contributed by atoms with van der Waals surface area (Å²) in [5, 5.41) is 10.2. The van der Waals surface area contributed by atoms with E-state index in [9.17, 15) is 4.79 Å². The monoisotopic (exact) mass is 393 g/mol. The van der Waals surface area contributed by atoms with Crippen LogP contribution in [0.1, 0.15) is 30.5 Å². The number of nitrogens with zero attached hydrogens (tertiary/aromatic N) is 3. The number of aromatic nitrogens is 3. The van der Waals surface area contributed by atoms with Gasteiger partial charge < -0.3 is 14.8 Å². The van der Waals surface area contributed by atoms with Gasteiger partial charge in [-0.25, -0.2) is 4.79 Å². The number of fused-ring (bicyclic) bond motifs is 1. The van der Waals surface area contributed by atoms with Crippen molar-refractivity contribution < 1.29 is 14.3 Å². The van der Waals surface area contributed by atoms with Crippen molar-refractivity contribution in [3.8, 4) is 11.5 Å². The van der Waals surface area contributed by atoms with Gasteiger partial charge in [-0.2, -0.15) is 5.10 Å². The molecule has 1 aromatic carbocycles. The molecule has 1 atom stereocenters. The Balaban J connectivity index is 1.39. The van der Waals surface area contributed by atoms with Gasteiger partial charge >= 0.3 is 6.03 Å². The molecule has 2 N–H and O–H groups in total. The molecule has 0 saturated heterocycles. The summed E-state index contributed by atoms with van der Waals surface area (Å²) in [6.45, 7) is 3.68. The predicted octanol–water partition coefficient (Wildman–Crippen LogP) is 3.37. The molecule has 1 aliphatic heterocycles. The van der Waals surface area contributed by atoms with E-state index in [0.29, 0.717) is 32.0 Å². The molecule has 1 aliphatic rings. The third kappa shape index (κ3) is 4.66. The molecule has 3 heterocycles. The van der Waals surface area contributed by atoms with Crippen LogP contribution in [-0.4, -0.2) is 34.0 Å². The predicted molar refractivity (Wildman–Crippen MR) is 108 cm³/mol.